The minimum atomic E-state index is -0.777. The van der Waals surface area contributed by atoms with Crippen LogP contribution in [0.15, 0.2) is 53.0 Å². The maximum absolute atomic E-state index is 13.3. The summed E-state index contributed by atoms with van der Waals surface area (Å²) in [5.74, 6) is -2.36. The monoisotopic (exact) mass is 540 g/mol. The topological polar surface area (TPSA) is 118 Å². The molecule has 0 saturated carbocycles. The molecule has 0 bridgehead atoms. The SMILES string of the molecule is COC(=O)c1[nH]c(C)c(C(O)=C2C(=O)C(=O)N(CCCn3ccnc3)[C@@H]2c2ccc(Br)cc2)c1C. The predicted octanol–water partition coefficient (Wildman–Crippen LogP) is 3.89. The van der Waals surface area contributed by atoms with Crippen molar-refractivity contribution in [3.8, 4) is 0 Å². The summed E-state index contributed by atoms with van der Waals surface area (Å²) in [6.45, 7) is 4.26. The average molecular weight is 541 g/mol. The van der Waals surface area contributed by atoms with Gasteiger partial charge < -0.3 is 24.3 Å². The lowest BCUT2D eigenvalue weighted by Gasteiger charge is -2.25. The number of H-pyrrole nitrogens is 1. The highest BCUT2D eigenvalue weighted by Gasteiger charge is 2.46. The lowest BCUT2D eigenvalue weighted by Crippen LogP contribution is -2.31. The number of amides is 1. The molecule has 10 heteroatoms. The van der Waals surface area contributed by atoms with E-state index in [2.05, 4.69) is 25.9 Å². The molecule has 9 nitrogen and oxygen atoms in total. The lowest BCUT2D eigenvalue weighted by molar-refractivity contribution is -0.139. The number of aryl methyl sites for hydroxylation is 2. The Hall–Kier alpha value is -3.66. The number of Topliss-reactive ketones (excluding diaryl/α,β-unsaturated/α-hetero) is 1. The number of carbonyl (C=O) groups is 3. The number of aliphatic hydroxyl groups excluding tert-OH is 1. The number of carbonyl (C=O) groups excluding carboxylic acids is 3. The highest BCUT2D eigenvalue weighted by molar-refractivity contribution is 9.10. The van der Waals surface area contributed by atoms with Gasteiger partial charge >= 0.3 is 5.97 Å². The van der Waals surface area contributed by atoms with E-state index in [1.54, 1.807) is 26.4 Å². The van der Waals surface area contributed by atoms with Crippen LogP contribution in [0, 0.1) is 13.8 Å². The first-order chi connectivity index (χ1) is 16.7. The Kier molecular flexibility index (Phi) is 6.93. The number of aromatic amines is 1. The zero-order chi connectivity index (χ0) is 25.3. The summed E-state index contributed by atoms with van der Waals surface area (Å²) in [5, 5.41) is 11.4. The number of ether oxygens (including phenoxy) is 1. The highest BCUT2D eigenvalue weighted by Crippen LogP contribution is 2.41. The number of aromatic nitrogens is 3. The van der Waals surface area contributed by atoms with Gasteiger partial charge in [-0.2, -0.15) is 0 Å². The summed E-state index contributed by atoms with van der Waals surface area (Å²) in [6, 6.07) is 6.49. The fraction of sp³-hybridized carbons (Fsp3) is 0.280. The van der Waals surface area contributed by atoms with E-state index >= 15 is 0 Å². The van der Waals surface area contributed by atoms with Gasteiger partial charge in [-0.05, 0) is 43.5 Å². The molecule has 3 heterocycles. The number of imidazole rings is 1. The quantitative estimate of drug-likeness (QED) is 0.203. The Morgan fingerprint density at radius 3 is 2.54 bits per heavy atom. The van der Waals surface area contributed by atoms with Crippen LogP contribution in [-0.2, 0) is 20.9 Å². The first kappa shape index (κ1) is 24.5. The fourth-order valence-corrected chi connectivity index (χ4v) is 4.76. The van der Waals surface area contributed by atoms with Crippen molar-refractivity contribution >= 4 is 39.3 Å². The van der Waals surface area contributed by atoms with Crippen molar-refractivity contribution in [1.29, 1.82) is 0 Å². The third-order valence-corrected chi connectivity index (χ3v) is 6.69. The van der Waals surface area contributed by atoms with Crippen LogP contribution in [0.25, 0.3) is 5.76 Å². The van der Waals surface area contributed by atoms with E-state index in [0.717, 1.165) is 4.47 Å². The number of benzene rings is 1. The van der Waals surface area contributed by atoms with Crippen LogP contribution < -0.4 is 0 Å². The molecular formula is C25H25BrN4O5. The van der Waals surface area contributed by atoms with Crippen molar-refractivity contribution in [2.75, 3.05) is 13.7 Å². The Labute approximate surface area is 210 Å². The number of hydrogen-bond acceptors (Lipinski definition) is 6. The van der Waals surface area contributed by atoms with Gasteiger partial charge in [-0.1, -0.05) is 28.1 Å². The van der Waals surface area contributed by atoms with Gasteiger partial charge in [-0.25, -0.2) is 9.78 Å². The van der Waals surface area contributed by atoms with Crippen molar-refractivity contribution in [1.82, 2.24) is 19.4 Å². The summed E-state index contributed by atoms with van der Waals surface area (Å²) >= 11 is 3.41. The molecule has 0 radical (unpaired) electrons. The summed E-state index contributed by atoms with van der Waals surface area (Å²) in [5.41, 5.74) is 2.09. The van der Waals surface area contributed by atoms with E-state index in [1.165, 1.54) is 12.0 Å². The van der Waals surface area contributed by atoms with Gasteiger partial charge in [0, 0.05) is 41.2 Å². The first-order valence-corrected chi connectivity index (χ1v) is 11.8. The number of ketones is 1. The minimum absolute atomic E-state index is 0.0124. The standard InChI is InChI=1S/C25H25BrN4O5/c1-14-18(15(2)28-20(14)25(34)35-3)22(31)19-21(16-5-7-17(26)8-6-16)30(24(33)23(19)32)11-4-10-29-12-9-27-13-29/h5-9,12-13,21,28,31H,4,10-11H2,1-3H3/t21-/m1/s1. The van der Waals surface area contributed by atoms with Crippen LogP contribution in [0.5, 0.6) is 0 Å². The molecule has 0 spiro atoms. The Morgan fingerprint density at radius 2 is 1.91 bits per heavy atom. The van der Waals surface area contributed by atoms with Crippen LogP contribution >= 0.6 is 15.9 Å². The number of nitrogens with zero attached hydrogens (tertiary/aromatic N) is 3. The number of hydrogen-bond donors (Lipinski definition) is 2. The van der Waals surface area contributed by atoms with Crippen LogP contribution in [0.4, 0.5) is 0 Å². The third kappa shape index (κ3) is 4.53. The average Bonchev–Trinajstić information content (AvgIpc) is 3.52. The number of nitrogens with one attached hydrogen (secondary N) is 1. The maximum Gasteiger partial charge on any atom is 0.354 e. The molecule has 1 aliphatic heterocycles. The van der Waals surface area contributed by atoms with Gasteiger partial charge in [0.2, 0.25) is 0 Å². The molecule has 1 aliphatic rings. The van der Waals surface area contributed by atoms with Crippen LogP contribution in [0.2, 0.25) is 0 Å². The second kappa shape index (κ2) is 9.91. The summed E-state index contributed by atoms with van der Waals surface area (Å²) in [7, 11) is 1.26. The molecule has 2 aromatic heterocycles. The van der Waals surface area contributed by atoms with Gasteiger partial charge in [0.25, 0.3) is 11.7 Å². The van der Waals surface area contributed by atoms with Crippen molar-refractivity contribution in [2.45, 2.75) is 32.9 Å². The molecule has 1 aromatic carbocycles. The molecule has 35 heavy (non-hydrogen) atoms. The van der Waals surface area contributed by atoms with Crippen molar-refractivity contribution in [3.05, 3.63) is 81.1 Å². The summed E-state index contributed by atoms with van der Waals surface area (Å²) in [4.78, 5) is 47.0. The van der Waals surface area contributed by atoms with Gasteiger partial charge in [0.1, 0.15) is 11.5 Å². The molecule has 1 atom stereocenters. The number of halogens is 1. The van der Waals surface area contributed by atoms with Crippen LogP contribution in [0.1, 0.15) is 45.3 Å². The van der Waals surface area contributed by atoms with Crippen molar-refractivity contribution < 1.29 is 24.2 Å². The molecule has 2 N–H and O–H groups in total. The number of likely N-dealkylation sites (tertiary alicyclic amines) is 1. The lowest BCUT2D eigenvalue weighted by atomic mass is 9.94. The van der Waals surface area contributed by atoms with Gasteiger partial charge in [0.05, 0.1) is 25.1 Å². The zero-order valence-corrected chi connectivity index (χ0v) is 21.1. The van der Waals surface area contributed by atoms with Crippen LogP contribution in [0.3, 0.4) is 0 Å². The second-order valence-corrected chi connectivity index (χ2v) is 9.23. The molecule has 182 valence electrons. The second-order valence-electron chi connectivity index (χ2n) is 8.31. The number of esters is 1. The van der Waals surface area contributed by atoms with E-state index in [4.69, 9.17) is 4.74 Å². The number of aliphatic hydroxyl groups is 1. The Balaban J connectivity index is 1.79. The largest absolute Gasteiger partial charge is 0.507 e. The minimum Gasteiger partial charge on any atom is -0.507 e. The van der Waals surface area contributed by atoms with Crippen LogP contribution in [-0.4, -0.2) is 55.9 Å². The molecule has 0 unspecified atom stereocenters. The molecule has 1 fully saturated rings. The number of methoxy groups -OCH3 is 1. The molecule has 0 aliphatic carbocycles. The smallest absolute Gasteiger partial charge is 0.354 e. The predicted molar refractivity (Wildman–Crippen MR) is 132 cm³/mol. The fourth-order valence-electron chi connectivity index (χ4n) is 4.49. The van der Waals surface area contributed by atoms with E-state index in [9.17, 15) is 19.5 Å². The molecule has 3 aromatic rings. The zero-order valence-electron chi connectivity index (χ0n) is 19.5. The Morgan fingerprint density at radius 1 is 1.20 bits per heavy atom. The maximum atomic E-state index is 13.3. The van der Waals surface area contributed by atoms with Crippen molar-refractivity contribution in [2.24, 2.45) is 0 Å². The van der Waals surface area contributed by atoms with Gasteiger partial charge in [-0.15, -0.1) is 0 Å². The van der Waals surface area contributed by atoms with E-state index in [0.29, 0.717) is 41.9 Å². The third-order valence-electron chi connectivity index (χ3n) is 6.16. The summed E-state index contributed by atoms with van der Waals surface area (Å²) in [6.07, 6.45) is 5.79. The Bertz CT molecular complexity index is 1310. The molecule has 4 rings (SSSR count). The molecule has 1 saturated heterocycles. The normalized spacial score (nSPS) is 17.3. The summed E-state index contributed by atoms with van der Waals surface area (Å²) < 4.78 is 7.56. The molecular weight excluding hydrogens is 516 g/mol. The first-order valence-electron chi connectivity index (χ1n) is 11.0. The number of rotatable bonds is 7. The van der Waals surface area contributed by atoms with Gasteiger partial charge in [-0.3, -0.25) is 9.59 Å². The van der Waals surface area contributed by atoms with E-state index in [1.807, 2.05) is 35.0 Å². The van der Waals surface area contributed by atoms with E-state index < -0.39 is 23.7 Å². The molecule has 1 amide bonds. The highest BCUT2D eigenvalue weighted by atomic mass is 79.9. The van der Waals surface area contributed by atoms with Crippen molar-refractivity contribution in [3.63, 3.8) is 0 Å². The van der Waals surface area contributed by atoms with Gasteiger partial charge in [0.15, 0.2) is 0 Å². The van der Waals surface area contributed by atoms with E-state index in [-0.39, 0.29) is 17.0 Å².